The maximum Gasteiger partial charge on any atom is 0.271 e. The van der Waals surface area contributed by atoms with Gasteiger partial charge in [0.05, 0.1) is 13.2 Å². The fourth-order valence-corrected chi connectivity index (χ4v) is 2.67. The fourth-order valence-electron chi connectivity index (χ4n) is 2.67. The number of rotatable bonds is 4. The Hall–Kier alpha value is -1.92. The topological polar surface area (TPSA) is 58.9 Å². The van der Waals surface area contributed by atoms with E-state index in [1.54, 1.807) is 6.20 Å². The van der Waals surface area contributed by atoms with Crippen molar-refractivity contribution in [1.29, 1.82) is 0 Å². The first kappa shape index (κ1) is 15.0. The van der Waals surface area contributed by atoms with Gasteiger partial charge >= 0.3 is 0 Å². The number of carbonyl (C=O) groups is 1. The third-order valence-corrected chi connectivity index (χ3v) is 4.08. The fraction of sp³-hybridized carbons (Fsp3) is 0.500. The summed E-state index contributed by atoms with van der Waals surface area (Å²) >= 11 is 0. The lowest BCUT2D eigenvalue weighted by atomic mass is 10.2. The maximum absolute atomic E-state index is 12.3. The first-order valence-electron chi connectivity index (χ1n) is 7.69. The lowest BCUT2D eigenvalue weighted by Gasteiger charge is -2.32. The normalized spacial score (nSPS) is 17.5. The van der Waals surface area contributed by atoms with E-state index in [2.05, 4.69) is 22.1 Å². The van der Waals surface area contributed by atoms with E-state index in [4.69, 9.17) is 4.74 Å². The van der Waals surface area contributed by atoms with Crippen LogP contribution >= 0.6 is 0 Å². The Balaban J connectivity index is 1.60. The molecule has 22 heavy (non-hydrogen) atoms. The van der Waals surface area contributed by atoms with Crippen molar-refractivity contribution in [3.8, 4) is 0 Å². The number of aryl methyl sites for hydroxylation is 1. The van der Waals surface area contributed by atoms with Gasteiger partial charge in [0.1, 0.15) is 11.3 Å². The van der Waals surface area contributed by atoms with E-state index in [9.17, 15) is 4.79 Å². The van der Waals surface area contributed by atoms with E-state index in [-0.39, 0.29) is 5.91 Å². The highest BCUT2D eigenvalue weighted by Crippen LogP contribution is 2.08. The zero-order valence-corrected chi connectivity index (χ0v) is 13.1. The van der Waals surface area contributed by atoms with E-state index >= 15 is 0 Å². The zero-order chi connectivity index (χ0) is 15.5. The van der Waals surface area contributed by atoms with Crippen molar-refractivity contribution in [1.82, 2.24) is 19.6 Å². The number of fused-ring (bicyclic) bond motifs is 1. The number of nitrogens with zero attached hydrogens (tertiary/aromatic N) is 3. The number of hydrogen-bond donors (Lipinski definition) is 1. The number of ether oxygens (including phenoxy) is 1. The molecule has 1 aliphatic rings. The molecule has 118 valence electrons. The summed E-state index contributed by atoms with van der Waals surface area (Å²) in [6.45, 7) is 8.13. The third kappa shape index (κ3) is 3.28. The van der Waals surface area contributed by atoms with Crippen LogP contribution in [0.3, 0.4) is 0 Å². The molecular formula is C16H22N4O2. The Bertz CT molecular complexity index is 661. The minimum Gasteiger partial charge on any atom is -0.379 e. The summed E-state index contributed by atoms with van der Waals surface area (Å²) in [4.78, 5) is 19.0. The number of pyridine rings is 1. The number of amides is 1. The molecule has 2 aromatic heterocycles. The predicted octanol–water partition coefficient (Wildman–Crippen LogP) is 1.09. The van der Waals surface area contributed by atoms with E-state index in [1.165, 1.54) is 0 Å². The molecule has 1 saturated heterocycles. The van der Waals surface area contributed by atoms with Crippen molar-refractivity contribution in [2.75, 3.05) is 32.8 Å². The number of aromatic nitrogens is 2. The first-order valence-corrected chi connectivity index (χ1v) is 7.69. The standard InChI is InChI=1S/C16H22N4O2/c1-12-3-4-20-11-14(18-15(20)9-12)16(21)17-10-13(2)19-5-7-22-8-6-19/h3-4,9,11,13H,5-8,10H2,1-2H3,(H,17,21). The molecule has 6 heteroatoms. The molecule has 1 amide bonds. The van der Waals surface area contributed by atoms with Gasteiger partial charge in [-0.15, -0.1) is 0 Å². The summed E-state index contributed by atoms with van der Waals surface area (Å²) in [5.41, 5.74) is 2.39. The van der Waals surface area contributed by atoms with Gasteiger partial charge in [-0.1, -0.05) is 0 Å². The van der Waals surface area contributed by atoms with Crippen molar-refractivity contribution in [3.05, 3.63) is 35.8 Å². The van der Waals surface area contributed by atoms with Crippen LogP contribution in [0.15, 0.2) is 24.5 Å². The number of hydrogen-bond acceptors (Lipinski definition) is 4. The Labute approximate surface area is 130 Å². The molecule has 1 N–H and O–H groups in total. The summed E-state index contributed by atoms with van der Waals surface area (Å²) in [5, 5.41) is 2.97. The largest absolute Gasteiger partial charge is 0.379 e. The van der Waals surface area contributed by atoms with Crippen LogP contribution in [-0.2, 0) is 4.74 Å². The average Bonchev–Trinajstić information content (AvgIpc) is 2.96. The zero-order valence-electron chi connectivity index (χ0n) is 13.1. The SMILES string of the molecule is Cc1ccn2cc(C(=O)NCC(C)N3CCOCC3)nc2c1. The second kappa shape index (κ2) is 6.46. The molecular weight excluding hydrogens is 280 g/mol. The molecule has 0 radical (unpaired) electrons. The number of carbonyl (C=O) groups excluding carboxylic acids is 1. The maximum atomic E-state index is 12.3. The number of morpholine rings is 1. The second-order valence-electron chi connectivity index (χ2n) is 5.80. The Kier molecular flexibility index (Phi) is 4.40. The molecule has 1 aliphatic heterocycles. The van der Waals surface area contributed by atoms with Crippen molar-refractivity contribution in [2.24, 2.45) is 0 Å². The average molecular weight is 302 g/mol. The molecule has 1 unspecified atom stereocenters. The van der Waals surface area contributed by atoms with Crippen molar-refractivity contribution in [3.63, 3.8) is 0 Å². The van der Waals surface area contributed by atoms with Gasteiger partial charge in [0.15, 0.2) is 0 Å². The quantitative estimate of drug-likeness (QED) is 0.918. The highest BCUT2D eigenvalue weighted by atomic mass is 16.5. The summed E-state index contributed by atoms with van der Waals surface area (Å²) in [6.07, 6.45) is 3.69. The van der Waals surface area contributed by atoms with E-state index in [0.29, 0.717) is 18.3 Å². The molecule has 2 aromatic rings. The van der Waals surface area contributed by atoms with Gasteiger partial charge in [0.2, 0.25) is 0 Å². The molecule has 0 spiro atoms. The van der Waals surface area contributed by atoms with Crippen molar-refractivity contribution in [2.45, 2.75) is 19.9 Å². The van der Waals surface area contributed by atoms with Crippen molar-refractivity contribution < 1.29 is 9.53 Å². The third-order valence-electron chi connectivity index (χ3n) is 4.08. The van der Waals surface area contributed by atoms with Gasteiger partial charge in [-0.05, 0) is 31.5 Å². The van der Waals surface area contributed by atoms with Crippen LogP contribution in [0.25, 0.3) is 5.65 Å². The Morgan fingerprint density at radius 3 is 3.00 bits per heavy atom. The van der Waals surface area contributed by atoms with Gasteiger partial charge < -0.3 is 14.5 Å². The van der Waals surface area contributed by atoms with Crippen LogP contribution in [0.1, 0.15) is 23.0 Å². The minimum absolute atomic E-state index is 0.124. The van der Waals surface area contributed by atoms with Crippen molar-refractivity contribution >= 4 is 11.6 Å². The lowest BCUT2D eigenvalue weighted by Crippen LogP contribution is -2.47. The van der Waals surface area contributed by atoms with Crippen LogP contribution in [-0.4, -0.2) is 59.1 Å². The predicted molar refractivity (Wildman–Crippen MR) is 84.1 cm³/mol. The molecule has 1 fully saturated rings. The first-order chi connectivity index (χ1) is 10.6. The van der Waals surface area contributed by atoms with E-state index in [0.717, 1.165) is 37.5 Å². The van der Waals surface area contributed by atoms with E-state index < -0.39 is 0 Å². The summed E-state index contributed by atoms with van der Waals surface area (Å²) < 4.78 is 7.21. The Morgan fingerprint density at radius 2 is 2.23 bits per heavy atom. The van der Waals surface area contributed by atoms with Crippen LogP contribution < -0.4 is 5.32 Å². The molecule has 0 bridgehead atoms. The summed E-state index contributed by atoms with van der Waals surface area (Å²) in [5.74, 6) is -0.124. The van der Waals surface area contributed by atoms with Gasteiger partial charge in [-0.2, -0.15) is 0 Å². The molecule has 3 heterocycles. The Morgan fingerprint density at radius 1 is 1.45 bits per heavy atom. The minimum atomic E-state index is -0.124. The lowest BCUT2D eigenvalue weighted by molar-refractivity contribution is 0.0204. The molecule has 3 rings (SSSR count). The second-order valence-corrected chi connectivity index (χ2v) is 5.80. The van der Waals surface area contributed by atoms with E-state index in [1.807, 2.05) is 29.7 Å². The molecule has 0 saturated carbocycles. The molecule has 6 nitrogen and oxygen atoms in total. The monoisotopic (exact) mass is 302 g/mol. The number of nitrogens with one attached hydrogen (secondary N) is 1. The highest BCUT2D eigenvalue weighted by molar-refractivity contribution is 5.92. The van der Waals surface area contributed by atoms with Crippen LogP contribution in [0.2, 0.25) is 0 Å². The smallest absolute Gasteiger partial charge is 0.271 e. The van der Waals surface area contributed by atoms with Gasteiger partial charge in [0, 0.05) is 38.1 Å². The van der Waals surface area contributed by atoms with Gasteiger partial charge in [0.25, 0.3) is 5.91 Å². The molecule has 0 aliphatic carbocycles. The molecule has 1 atom stereocenters. The van der Waals surface area contributed by atoms with Gasteiger partial charge in [-0.3, -0.25) is 9.69 Å². The van der Waals surface area contributed by atoms with Crippen LogP contribution in [0, 0.1) is 6.92 Å². The molecule has 0 aromatic carbocycles. The highest BCUT2D eigenvalue weighted by Gasteiger charge is 2.18. The van der Waals surface area contributed by atoms with Crippen LogP contribution in [0.4, 0.5) is 0 Å². The number of imidazole rings is 1. The summed E-state index contributed by atoms with van der Waals surface area (Å²) in [6, 6.07) is 4.26. The van der Waals surface area contributed by atoms with Gasteiger partial charge in [-0.25, -0.2) is 4.98 Å². The van der Waals surface area contributed by atoms with Crippen LogP contribution in [0.5, 0.6) is 0 Å². The summed E-state index contributed by atoms with van der Waals surface area (Å²) in [7, 11) is 0.